The van der Waals surface area contributed by atoms with E-state index in [4.69, 9.17) is 8.23 Å². The van der Waals surface area contributed by atoms with Gasteiger partial charge in [-0.1, -0.05) is 196 Å². The van der Waals surface area contributed by atoms with E-state index in [2.05, 4.69) is 248 Å². The quantitative estimate of drug-likeness (QED) is 0.0953. The standard InChI is InChI=1S/C100H116O2Si5/c1-61-37-80-45-79(34-29-73(80)52-92(61)75-33-28-74-53-94(77-31-20-65-17-24-69(65)40-77)98(58-88(74)44-75)105(7,8)101-104(5,6)36-35-62-13-14-63-15-22-67(63)38-62)96-56-87-48-83-47-85-54-93(76-30-19-64-16-23-68(64)39-76)97(103(2,3)4)57-89(85)50-84(83)51-91(87)60-100(96)107(11,12)102-106(9,10)99-59-90-49-82-43-72-27-26-71(72)42-81(82)46-86(90)55-95(99)78-32-21-66-18-25-70(66)41-78/h13-14,19-21,28-36,38-51,61,63,67,92-100H,15-18,22-27,37,52-60H2,1-12H3/b36-35+. The molecule has 0 heterocycles. The van der Waals surface area contributed by atoms with E-state index in [1.165, 1.54) is 104 Å². The summed E-state index contributed by atoms with van der Waals surface area (Å²) in [5.74, 6) is 4.43. The summed E-state index contributed by atoms with van der Waals surface area (Å²) >= 11 is 0. The minimum absolute atomic E-state index is 0.382. The van der Waals surface area contributed by atoms with Gasteiger partial charge in [-0.2, -0.15) is 0 Å². The molecule has 0 aromatic heterocycles. The zero-order valence-corrected chi connectivity index (χ0v) is 71.6. The van der Waals surface area contributed by atoms with E-state index in [0.29, 0.717) is 52.1 Å². The summed E-state index contributed by atoms with van der Waals surface area (Å²) in [6.07, 6.45) is 33.6. The van der Waals surface area contributed by atoms with Crippen LogP contribution in [0, 0.1) is 17.8 Å². The maximum atomic E-state index is 8.53. The van der Waals surface area contributed by atoms with Crippen LogP contribution in [0.1, 0.15) is 177 Å². The van der Waals surface area contributed by atoms with Crippen molar-refractivity contribution in [3.8, 4) is 0 Å². The molecule has 2 nitrogen and oxygen atoms in total. The van der Waals surface area contributed by atoms with Crippen LogP contribution in [0.4, 0.5) is 0 Å². The topological polar surface area (TPSA) is 18.5 Å². The third-order valence-electron chi connectivity index (χ3n) is 30.9. The first-order chi connectivity index (χ1) is 51.3. The minimum atomic E-state index is -2.51. The van der Waals surface area contributed by atoms with Crippen LogP contribution in [-0.4, -0.2) is 41.3 Å². The molecule has 1 saturated carbocycles. The predicted molar refractivity (Wildman–Crippen MR) is 463 cm³/mol. The molecule has 9 aromatic carbocycles. The highest BCUT2D eigenvalue weighted by Gasteiger charge is 2.52. The van der Waals surface area contributed by atoms with Gasteiger partial charge < -0.3 is 8.23 Å². The molecule has 0 bridgehead atoms. The third-order valence-corrected chi connectivity index (χ3v) is 50.3. The monoisotopic (exact) mass is 1490 g/mol. The summed E-state index contributed by atoms with van der Waals surface area (Å²) < 4.78 is 16.3. The largest absolute Gasteiger partial charge is 0.455 e. The zero-order chi connectivity index (χ0) is 72.9. The first-order valence-electron chi connectivity index (χ1n) is 42.6. The zero-order valence-electron chi connectivity index (χ0n) is 66.6. The van der Waals surface area contributed by atoms with Gasteiger partial charge in [-0.25, -0.2) is 0 Å². The molecule has 20 rings (SSSR count). The summed E-state index contributed by atoms with van der Waals surface area (Å²) in [6, 6.07) is 60.0. The van der Waals surface area contributed by atoms with Crippen molar-refractivity contribution in [2.45, 2.75) is 259 Å². The lowest BCUT2D eigenvalue weighted by Crippen LogP contribution is -2.54. The third kappa shape index (κ3) is 12.6. The van der Waals surface area contributed by atoms with Gasteiger partial charge in [0.05, 0.1) is 0 Å². The van der Waals surface area contributed by atoms with Crippen LogP contribution < -0.4 is 0 Å². The lowest BCUT2D eigenvalue weighted by atomic mass is 9.70. The van der Waals surface area contributed by atoms with E-state index in [1.54, 1.807) is 128 Å². The number of allylic oxidation sites excluding steroid dienone is 5. The molecule has 7 heteroatoms. The van der Waals surface area contributed by atoms with Gasteiger partial charge in [-0.15, -0.1) is 0 Å². The van der Waals surface area contributed by atoms with Crippen LogP contribution in [-0.2, 0) is 124 Å². The van der Waals surface area contributed by atoms with Crippen LogP contribution in [0.15, 0.2) is 175 Å². The number of hydrogen-bond donors (Lipinski definition) is 0. The van der Waals surface area contributed by atoms with Crippen molar-refractivity contribution in [1.82, 2.24) is 0 Å². The highest BCUT2D eigenvalue weighted by atomic mass is 28.4. The first kappa shape index (κ1) is 69.9. The van der Waals surface area contributed by atoms with Crippen molar-refractivity contribution in [3.63, 3.8) is 0 Å². The second kappa shape index (κ2) is 25.9. The molecule has 548 valence electrons. The molecule has 0 N–H and O–H groups in total. The Kier molecular flexibility index (Phi) is 16.9. The molecule has 0 saturated heterocycles. The van der Waals surface area contributed by atoms with Crippen LogP contribution >= 0.6 is 0 Å². The number of aryl methyl sites for hydroxylation is 8. The molecule has 9 aromatic rings. The lowest BCUT2D eigenvalue weighted by molar-refractivity contribution is 0.282. The Balaban J connectivity index is 0.622. The lowest BCUT2D eigenvalue weighted by Gasteiger charge is -2.49. The maximum absolute atomic E-state index is 8.53. The number of hydrogen-bond acceptors (Lipinski definition) is 2. The van der Waals surface area contributed by atoms with E-state index in [1.807, 2.05) is 0 Å². The second-order valence-corrected chi connectivity index (χ2v) is 62.5. The van der Waals surface area contributed by atoms with E-state index in [-0.39, 0.29) is 0 Å². The van der Waals surface area contributed by atoms with Gasteiger partial charge in [-0.05, 0) is 405 Å². The van der Waals surface area contributed by atoms with E-state index < -0.39 is 41.3 Å². The van der Waals surface area contributed by atoms with Crippen molar-refractivity contribution in [2.24, 2.45) is 17.8 Å². The molecule has 107 heavy (non-hydrogen) atoms. The Labute approximate surface area is 646 Å². The molecular formula is C100H116O2Si5. The van der Waals surface area contributed by atoms with E-state index in [9.17, 15) is 0 Å². The van der Waals surface area contributed by atoms with Gasteiger partial charge in [0.15, 0.2) is 33.3 Å². The van der Waals surface area contributed by atoms with Crippen LogP contribution in [0.3, 0.4) is 0 Å². The van der Waals surface area contributed by atoms with Gasteiger partial charge in [0.25, 0.3) is 0 Å². The Morgan fingerprint density at radius 3 is 0.991 bits per heavy atom. The number of rotatable bonds is 15. The minimum Gasteiger partial charge on any atom is -0.455 e. The average Bonchev–Trinajstić information content (AvgIpc) is 0.741. The molecule has 12 atom stereocenters. The second-order valence-electron chi connectivity index (χ2n) is 40.0. The molecule has 0 spiro atoms. The van der Waals surface area contributed by atoms with E-state index in [0.717, 1.165) is 68.7 Å². The SMILES string of the molecule is CC1Cc2cc(C3Cc4cc5cc6c(cc5cc4CC3[Si](C)(C)O[Si](C)(C)C3Cc4cc5cc7c(cc5cc4CC3c3ccc4c(c3)CC4)CC7)CC([Si](C)(C)C)C(c3ccc4c(c3)CC4)C6)ccc2CC1c1ccc2c(c1)CC([Si](C)(C)O[Si](C)(C)/C=C/C1=CC3CCC3C=C1)C(c1ccc3c(c1)CC3)C2. The fourth-order valence-electron chi connectivity index (χ4n) is 24.1. The first-order valence-corrected chi connectivity index (χ1v) is 58.1. The van der Waals surface area contributed by atoms with Gasteiger partial charge in [0, 0.05) is 8.07 Å². The van der Waals surface area contributed by atoms with Gasteiger partial charge in [-0.3, -0.25) is 0 Å². The molecular weight excluding hydrogens is 1370 g/mol. The highest BCUT2D eigenvalue weighted by molar-refractivity contribution is 6.88. The Morgan fingerprint density at radius 1 is 0.299 bits per heavy atom. The summed E-state index contributed by atoms with van der Waals surface area (Å²) in [5, 5.41) is 5.82. The normalized spacial score (nSPS) is 26.7. The Morgan fingerprint density at radius 2 is 0.607 bits per heavy atom. The highest BCUT2D eigenvalue weighted by Crippen LogP contribution is 2.56. The summed E-state index contributed by atoms with van der Waals surface area (Å²) in [4.78, 5) is 0. The fourth-order valence-corrected chi connectivity index (χ4v) is 46.0. The Bertz CT molecular complexity index is 5260. The van der Waals surface area contributed by atoms with Crippen molar-refractivity contribution >= 4 is 62.9 Å². The molecule has 1 fully saturated rings. The maximum Gasteiger partial charge on any atom is 0.198 e. The van der Waals surface area contributed by atoms with Crippen LogP contribution in [0.5, 0.6) is 0 Å². The smallest absolute Gasteiger partial charge is 0.198 e. The molecule has 11 aliphatic rings. The fraction of sp³-hybridized carbons (Fsp3) is 0.440. The summed E-state index contributed by atoms with van der Waals surface area (Å²) in [5.41, 5.74) is 42.5. The molecule has 0 aliphatic heterocycles. The molecule has 12 unspecified atom stereocenters. The predicted octanol–water partition coefficient (Wildman–Crippen LogP) is 24.4. The van der Waals surface area contributed by atoms with Crippen molar-refractivity contribution in [2.75, 3.05) is 0 Å². The van der Waals surface area contributed by atoms with Crippen LogP contribution in [0.2, 0.25) is 94.2 Å². The molecule has 0 amide bonds. The summed E-state index contributed by atoms with van der Waals surface area (Å²) in [7, 11) is -10.9. The Hall–Kier alpha value is -6.28. The van der Waals surface area contributed by atoms with Crippen molar-refractivity contribution in [3.05, 3.63) is 303 Å². The molecule has 0 radical (unpaired) electrons. The number of fused-ring (bicyclic) bond motifs is 12. The summed E-state index contributed by atoms with van der Waals surface area (Å²) in [6.45, 7) is 31.4. The molecule has 11 aliphatic carbocycles. The number of benzene rings is 9. The van der Waals surface area contributed by atoms with Crippen LogP contribution in [0.25, 0.3) is 21.5 Å². The van der Waals surface area contributed by atoms with Gasteiger partial charge in [0.1, 0.15) is 0 Å². The van der Waals surface area contributed by atoms with Crippen molar-refractivity contribution in [1.29, 1.82) is 0 Å². The van der Waals surface area contributed by atoms with Gasteiger partial charge in [0.2, 0.25) is 0 Å². The average molecular weight is 1490 g/mol. The van der Waals surface area contributed by atoms with Gasteiger partial charge >= 0.3 is 0 Å². The van der Waals surface area contributed by atoms with E-state index >= 15 is 0 Å². The van der Waals surface area contributed by atoms with Crippen molar-refractivity contribution < 1.29 is 8.23 Å².